The van der Waals surface area contributed by atoms with Crippen molar-refractivity contribution < 1.29 is 0 Å². The van der Waals surface area contributed by atoms with Crippen LogP contribution in [-0.4, -0.2) is 0 Å². The highest BCUT2D eigenvalue weighted by atomic mass is 14.2. The summed E-state index contributed by atoms with van der Waals surface area (Å²) < 4.78 is 0. The molecule has 0 heterocycles. The van der Waals surface area contributed by atoms with Crippen molar-refractivity contribution in [3.63, 3.8) is 0 Å². The summed E-state index contributed by atoms with van der Waals surface area (Å²) >= 11 is 0. The van der Waals surface area contributed by atoms with E-state index in [1.165, 1.54) is 96.3 Å². The predicted molar refractivity (Wildman–Crippen MR) is 104 cm³/mol. The Bertz CT molecular complexity index is 274. The van der Waals surface area contributed by atoms with Gasteiger partial charge < -0.3 is 0 Å². The Kier molecular flexibility index (Phi) is 20.5. The zero-order valence-corrected chi connectivity index (χ0v) is 15.8. The Morgan fingerprint density at radius 1 is 0.565 bits per heavy atom. The van der Waals surface area contributed by atoms with Crippen LogP contribution in [0.5, 0.6) is 0 Å². The van der Waals surface area contributed by atoms with Gasteiger partial charge in [0, 0.05) is 6.42 Å². The van der Waals surface area contributed by atoms with Gasteiger partial charge in [-0.15, -0.1) is 0 Å². The van der Waals surface area contributed by atoms with Gasteiger partial charge in [-0.1, -0.05) is 96.1 Å². The van der Waals surface area contributed by atoms with Crippen LogP contribution in [0.1, 0.15) is 122 Å². The summed E-state index contributed by atoms with van der Waals surface area (Å²) in [6.07, 6.45) is 28.6. The molecule has 0 saturated heterocycles. The van der Waals surface area contributed by atoms with Crippen LogP contribution >= 0.6 is 0 Å². The third kappa shape index (κ3) is 21.2. The van der Waals surface area contributed by atoms with Crippen LogP contribution in [0, 0.1) is 11.3 Å². The van der Waals surface area contributed by atoms with Crippen molar-refractivity contribution in [3.05, 3.63) is 12.2 Å². The molecule has 0 aromatic carbocycles. The van der Waals surface area contributed by atoms with Gasteiger partial charge in [0.05, 0.1) is 6.07 Å². The van der Waals surface area contributed by atoms with E-state index in [2.05, 4.69) is 25.1 Å². The summed E-state index contributed by atoms with van der Waals surface area (Å²) in [4.78, 5) is 0. The van der Waals surface area contributed by atoms with Gasteiger partial charge in [0.2, 0.25) is 0 Å². The standard InChI is InChI=1S/C22H41N/c1-2-3-4-5-6-7-8-9-10-11-12-13-14-15-16-17-18-19-20-21-22-23/h16-17H,2-15,18-21H2,1H3/b17-16+. The molecular weight excluding hydrogens is 278 g/mol. The minimum atomic E-state index is 0.715. The molecule has 0 bridgehead atoms. The first-order valence-electron chi connectivity index (χ1n) is 10.4. The molecule has 1 heteroatoms. The molecule has 0 aliphatic heterocycles. The average molecular weight is 320 g/mol. The largest absolute Gasteiger partial charge is 0.198 e. The molecule has 23 heavy (non-hydrogen) atoms. The SMILES string of the molecule is CCCCCCCCCCCCCCC/C=C/CCCCC#N. The lowest BCUT2D eigenvalue weighted by Crippen LogP contribution is -1.82. The highest BCUT2D eigenvalue weighted by Gasteiger charge is 1.93. The lowest BCUT2D eigenvalue weighted by atomic mass is 10.0. The van der Waals surface area contributed by atoms with E-state index in [-0.39, 0.29) is 0 Å². The maximum absolute atomic E-state index is 8.44. The van der Waals surface area contributed by atoms with Crippen molar-refractivity contribution in [1.82, 2.24) is 0 Å². The van der Waals surface area contributed by atoms with E-state index in [0.717, 1.165) is 12.8 Å². The molecule has 0 N–H and O–H groups in total. The van der Waals surface area contributed by atoms with Crippen LogP contribution in [0.4, 0.5) is 0 Å². The molecule has 0 aromatic rings. The van der Waals surface area contributed by atoms with Crippen LogP contribution in [0.25, 0.3) is 0 Å². The van der Waals surface area contributed by atoms with Crippen molar-refractivity contribution in [2.75, 3.05) is 0 Å². The number of hydrogen-bond acceptors (Lipinski definition) is 1. The molecule has 0 aliphatic rings. The van der Waals surface area contributed by atoms with E-state index in [1.807, 2.05) is 0 Å². The Morgan fingerprint density at radius 2 is 0.957 bits per heavy atom. The molecule has 0 aliphatic carbocycles. The van der Waals surface area contributed by atoms with Crippen LogP contribution in [-0.2, 0) is 0 Å². The van der Waals surface area contributed by atoms with E-state index < -0.39 is 0 Å². The van der Waals surface area contributed by atoms with Gasteiger partial charge in [-0.2, -0.15) is 5.26 Å². The van der Waals surface area contributed by atoms with Crippen molar-refractivity contribution in [3.8, 4) is 6.07 Å². The predicted octanol–water partition coefficient (Wildman–Crippen LogP) is 8.11. The Balaban J connectivity index is 3.02. The molecule has 0 rings (SSSR count). The lowest BCUT2D eigenvalue weighted by molar-refractivity contribution is 0.540. The molecule has 0 fully saturated rings. The van der Waals surface area contributed by atoms with Gasteiger partial charge in [-0.3, -0.25) is 0 Å². The summed E-state index contributed by atoms with van der Waals surface area (Å²) in [5.41, 5.74) is 0. The Morgan fingerprint density at radius 3 is 1.39 bits per heavy atom. The van der Waals surface area contributed by atoms with E-state index in [4.69, 9.17) is 5.26 Å². The molecule has 134 valence electrons. The third-order valence-electron chi connectivity index (χ3n) is 4.55. The second kappa shape index (κ2) is 21.2. The minimum Gasteiger partial charge on any atom is -0.198 e. The molecule has 0 aromatic heterocycles. The molecule has 0 amide bonds. The molecule has 1 nitrogen and oxygen atoms in total. The normalized spacial score (nSPS) is 11.1. The van der Waals surface area contributed by atoms with E-state index in [0.29, 0.717) is 6.42 Å². The average Bonchev–Trinajstić information content (AvgIpc) is 2.57. The fourth-order valence-electron chi connectivity index (χ4n) is 2.98. The molecule has 0 spiro atoms. The van der Waals surface area contributed by atoms with Crippen molar-refractivity contribution in [2.45, 2.75) is 122 Å². The first kappa shape index (κ1) is 22.2. The maximum atomic E-state index is 8.44. The van der Waals surface area contributed by atoms with Crippen LogP contribution in [0.2, 0.25) is 0 Å². The van der Waals surface area contributed by atoms with Gasteiger partial charge in [-0.25, -0.2) is 0 Å². The number of nitriles is 1. The van der Waals surface area contributed by atoms with Crippen molar-refractivity contribution >= 4 is 0 Å². The number of allylic oxidation sites excluding steroid dienone is 2. The summed E-state index contributed by atoms with van der Waals surface area (Å²) in [5.74, 6) is 0. The van der Waals surface area contributed by atoms with Gasteiger partial charge >= 0.3 is 0 Å². The first-order valence-corrected chi connectivity index (χ1v) is 10.4. The molecule has 0 saturated carbocycles. The van der Waals surface area contributed by atoms with Crippen LogP contribution in [0.3, 0.4) is 0 Å². The fraction of sp³-hybridized carbons (Fsp3) is 0.864. The second-order valence-electron chi connectivity index (χ2n) is 6.91. The van der Waals surface area contributed by atoms with E-state index in [1.54, 1.807) is 0 Å². The minimum absolute atomic E-state index is 0.715. The van der Waals surface area contributed by atoms with Gasteiger partial charge in [0.15, 0.2) is 0 Å². The van der Waals surface area contributed by atoms with Crippen molar-refractivity contribution in [2.24, 2.45) is 0 Å². The Hall–Kier alpha value is -0.770. The van der Waals surface area contributed by atoms with Crippen LogP contribution in [0.15, 0.2) is 12.2 Å². The number of rotatable bonds is 18. The highest BCUT2D eigenvalue weighted by Crippen LogP contribution is 2.13. The maximum Gasteiger partial charge on any atom is 0.0621 e. The first-order chi connectivity index (χ1) is 11.4. The smallest absolute Gasteiger partial charge is 0.0621 e. The second-order valence-corrected chi connectivity index (χ2v) is 6.91. The zero-order valence-electron chi connectivity index (χ0n) is 15.8. The number of unbranched alkanes of at least 4 members (excludes halogenated alkanes) is 16. The highest BCUT2D eigenvalue weighted by molar-refractivity contribution is 4.81. The topological polar surface area (TPSA) is 23.8 Å². The monoisotopic (exact) mass is 319 g/mol. The molecule has 0 radical (unpaired) electrons. The Labute approximate surface area is 146 Å². The summed E-state index contributed by atoms with van der Waals surface area (Å²) in [6.45, 7) is 2.29. The molecular formula is C22H41N. The molecule has 0 unspecified atom stereocenters. The summed E-state index contributed by atoms with van der Waals surface area (Å²) in [5, 5.41) is 8.44. The van der Waals surface area contributed by atoms with E-state index >= 15 is 0 Å². The fourth-order valence-corrected chi connectivity index (χ4v) is 2.98. The van der Waals surface area contributed by atoms with Gasteiger partial charge in [-0.05, 0) is 32.1 Å². The summed E-state index contributed by atoms with van der Waals surface area (Å²) in [7, 11) is 0. The molecule has 0 atom stereocenters. The van der Waals surface area contributed by atoms with Crippen LogP contribution < -0.4 is 0 Å². The third-order valence-corrected chi connectivity index (χ3v) is 4.55. The quantitative estimate of drug-likeness (QED) is 0.185. The number of nitrogens with zero attached hydrogens (tertiary/aromatic N) is 1. The van der Waals surface area contributed by atoms with E-state index in [9.17, 15) is 0 Å². The number of hydrogen-bond donors (Lipinski definition) is 0. The summed E-state index contributed by atoms with van der Waals surface area (Å²) in [6, 6.07) is 2.20. The zero-order chi connectivity index (χ0) is 16.8. The van der Waals surface area contributed by atoms with Gasteiger partial charge in [0.1, 0.15) is 0 Å². The lowest BCUT2D eigenvalue weighted by Gasteiger charge is -2.02. The van der Waals surface area contributed by atoms with Crippen molar-refractivity contribution in [1.29, 1.82) is 5.26 Å². The van der Waals surface area contributed by atoms with Gasteiger partial charge in [0.25, 0.3) is 0 Å².